The predicted octanol–water partition coefficient (Wildman–Crippen LogP) is 2.53. The van der Waals surface area contributed by atoms with Gasteiger partial charge in [0.2, 0.25) is 0 Å². The van der Waals surface area contributed by atoms with Gasteiger partial charge in [-0.15, -0.1) is 0 Å². The fourth-order valence-electron chi connectivity index (χ4n) is 1.61. The van der Waals surface area contributed by atoms with Gasteiger partial charge in [0.05, 0.1) is 0 Å². The molecule has 1 aliphatic heterocycles. The summed E-state index contributed by atoms with van der Waals surface area (Å²) >= 11 is 0. The van der Waals surface area contributed by atoms with Gasteiger partial charge >= 0.3 is 6.18 Å². The van der Waals surface area contributed by atoms with Gasteiger partial charge in [-0.1, -0.05) is 6.07 Å². The summed E-state index contributed by atoms with van der Waals surface area (Å²) < 4.78 is 49.9. The number of alkyl halides is 3. The number of rotatable bonds is 0. The Morgan fingerprint density at radius 2 is 2.00 bits per heavy atom. The van der Waals surface area contributed by atoms with Crippen molar-refractivity contribution < 1.29 is 17.6 Å². The van der Waals surface area contributed by atoms with Gasteiger partial charge in [0.15, 0.2) is 0 Å². The third-order valence-electron chi connectivity index (χ3n) is 2.24. The van der Waals surface area contributed by atoms with Crippen LogP contribution in [-0.4, -0.2) is 6.18 Å². The highest BCUT2D eigenvalue weighted by atomic mass is 19.4. The largest absolute Gasteiger partial charge is 0.407 e. The molecule has 0 spiro atoms. The van der Waals surface area contributed by atoms with Crippen LogP contribution in [0.1, 0.15) is 17.2 Å². The van der Waals surface area contributed by atoms with Crippen molar-refractivity contribution in [3.63, 3.8) is 0 Å². The standard InChI is InChI=1S/C9H7F4N/c10-6-2-1-5-4-14-8(7(5)3-6)9(11,12)13/h1-3,8,14H,4H2/t8-/m1/s1. The zero-order valence-electron chi connectivity index (χ0n) is 7.03. The molecule has 0 amide bonds. The summed E-state index contributed by atoms with van der Waals surface area (Å²) in [4.78, 5) is 0. The van der Waals surface area contributed by atoms with E-state index < -0.39 is 18.0 Å². The first-order valence-electron chi connectivity index (χ1n) is 4.07. The van der Waals surface area contributed by atoms with Crippen LogP contribution in [-0.2, 0) is 6.54 Å². The van der Waals surface area contributed by atoms with E-state index in [4.69, 9.17) is 0 Å². The number of benzene rings is 1. The topological polar surface area (TPSA) is 12.0 Å². The van der Waals surface area contributed by atoms with Gasteiger partial charge in [-0.25, -0.2) is 4.39 Å². The van der Waals surface area contributed by atoms with Gasteiger partial charge in [-0.05, 0) is 23.3 Å². The van der Waals surface area contributed by atoms with Crippen molar-refractivity contribution >= 4 is 0 Å². The molecule has 1 aliphatic rings. The first kappa shape index (κ1) is 9.45. The Morgan fingerprint density at radius 1 is 1.29 bits per heavy atom. The zero-order valence-corrected chi connectivity index (χ0v) is 7.03. The molecule has 2 rings (SSSR count). The van der Waals surface area contributed by atoms with Crippen LogP contribution >= 0.6 is 0 Å². The van der Waals surface area contributed by atoms with Gasteiger partial charge in [0.25, 0.3) is 0 Å². The van der Waals surface area contributed by atoms with Crippen molar-refractivity contribution in [1.29, 1.82) is 0 Å². The lowest BCUT2D eigenvalue weighted by molar-refractivity contribution is -0.155. The van der Waals surface area contributed by atoms with Crippen LogP contribution in [0.2, 0.25) is 0 Å². The summed E-state index contributed by atoms with van der Waals surface area (Å²) in [5.41, 5.74) is 0.506. The molecule has 1 atom stereocenters. The Bertz CT molecular complexity index is 358. The second-order valence-electron chi connectivity index (χ2n) is 3.20. The molecular weight excluding hydrogens is 198 g/mol. The van der Waals surface area contributed by atoms with E-state index in [1.54, 1.807) is 0 Å². The van der Waals surface area contributed by atoms with Crippen LogP contribution in [0.4, 0.5) is 17.6 Å². The van der Waals surface area contributed by atoms with Crippen molar-refractivity contribution in [3.05, 3.63) is 35.1 Å². The van der Waals surface area contributed by atoms with Gasteiger partial charge in [-0.3, -0.25) is 5.32 Å². The fraction of sp³-hybridized carbons (Fsp3) is 0.333. The normalized spacial score (nSPS) is 21.0. The number of nitrogens with one attached hydrogen (secondary N) is 1. The molecule has 0 aromatic heterocycles. The maximum Gasteiger partial charge on any atom is 0.407 e. The molecule has 0 aliphatic carbocycles. The first-order chi connectivity index (χ1) is 6.48. The van der Waals surface area contributed by atoms with Crippen molar-refractivity contribution in [2.24, 2.45) is 0 Å². The van der Waals surface area contributed by atoms with Crippen molar-refractivity contribution in [2.75, 3.05) is 0 Å². The highest BCUT2D eigenvalue weighted by Gasteiger charge is 2.44. The third kappa shape index (κ3) is 1.48. The molecule has 14 heavy (non-hydrogen) atoms. The molecule has 1 heterocycles. The molecule has 1 aromatic carbocycles. The Balaban J connectivity index is 2.43. The van der Waals surface area contributed by atoms with Crippen LogP contribution in [0.15, 0.2) is 18.2 Å². The average molecular weight is 205 g/mol. The number of fused-ring (bicyclic) bond motifs is 1. The van der Waals surface area contributed by atoms with Crippen LogP contribution in [0.5, 0.6) is 0 Å². The van der Waals surface area contributed by atoms with Crippen LogP contribution in [0.3, 0.4) is 0 Å². The third-order valence-corrected chi connectivity index (χ3v) is 2.24. The van der Waals surface area contributed by atoms with Crippen molar-refractivity contribution in [1.82, 2.24) is 5.32 Å². The first-order valence-corrected chi connectivity index (χ1v) is 4.07. The summed E-state index contributed by atoms with van der Waals surface area (Å²) in [5.74, 6) is -0.637. The minimum absolute atomic E-state index is 0.00231. The molecule has 0 saturated heterocycles. The predicted molar refractivity (Wildman–Crippen MR) is 42.0 cm³/mol. The van der Waals surface area contributed by atoms with E-state index in [-0.39, 0.29) is 12.1 Å². The van der Waals surface area contributed by atoms with Crippen molar-refractivity contribution in [3.8, 4) is 0 Å². The average Bonchev–Trinajstić information content (AvgIpc) is 2.45. The monoisotopic (exact) mass is 205 g/mol. The summed E-state index contributed by atoms with van der Waals surface area (Å²) in [6, 6.07) is 1.75. The van der Waals surface area contributed by atoms with E-state index in [1.807, 2.05) is 0 Å². The van der Waals surface area contributed by atoms with E-state index in [0.717, 1.165) is 6.07 Å². The lowest BCUT2D eigenvalue weighted by Crippen LogP contribution is -2.28. The Labute approximate surface area is 77.7 Å². The molecule has 5 heteroatoms. The van der Waals surface area contributed by atoms with Gasteiger partial charge in [0.1, 0.15) is 11.9 Å². The molecule has 0 unspecified atom stereocenters. The van der Waals surface area contributed by atoms with E-state index in [1.165, 1.54) is 12.1 Å². The summed E-state index contributed by atoms with van der Waals surface area (Å²) in [6.07, 6.45) is -4.36. The van der Waals surface area contributed by atoms with Gasteiger partial charge in [-0.2, -0.15) is 13.2 Å². The zero-order chi connectivity index (χ0) is 10.3. The fourth-order valence-corrected chi connectivity index (χ4v) is 1.61. The molecule has 0 fully saturated rings. The number of hydrogen-bond acceptors (Lipinski definition) is 1. The Hall–Kier alpha value is -1.10. The molecule has 0 saturated carbocycles. The Morgan fingerprint density at radius 3 is 2.64 bits per heavy atom. The maximum absolute atomic E-state index is 12.7. The van der Waals surface area contributed by atoms with E-state index in [9.17, 15) is 17.6 Å². The van der Waals surface area contributed by atoms with Crippen LogP contribution in [0, 0.1) is 5.82 Å². The van der Waals surface area contributed by atoms with Crippen LogP contribution < -0.4 is 5.32 Å². The second kappa shape index (κ2) is 2.95. The second-order valence-corrected chi connectivity index (χ2v) is 3.20. The highest BCUT2D eigenvalue weighted by Crippen LogP contribution is 2.38. The molecule has 0 bridgehead atoms. The van der Waals surface area contributed by atoms with E-state index in [2.05, 4.69) is 5.32 Å². The molecule has 1 N–H and O–H groups in total. The minimum Gasteiger partial charge on any atom is -0.298 e. The maximum atomic E-state index is 12.7. The smallest absolute Gasteiger partial charge is 0.298 e. The van der Waals surface area contributed by atoms with E-state index >= 15 is 0 Å². The number of hydrogen-bond donors (Lipinski definition) is 1. The van der Waals surface area contributed by atoms with Gasteiger partial charge < -0.3 is 0 Å². The van der Waals surface area contributed by atoms with Crippen LogP contribution in [0.25, 0.3) is 0 Å². The SMILES string of the molecule is Fc1ccc2c(c1)[C@H](C(F)(F)F)NC2. The summed E-state index contributed by atoms with van der Waals surface area (Å²) in [7, 11) is 0. The lowest BCUT2D eigenvalue weighted by Gasteiger charge is -2.15. The summed E-state index contributed by atoms with van der Waals surface area (Å²) in [5, 5.41) is 2.30. The van der Waals surface area contributed by atoms with Gasteiger partial charge in [0, 0.05) is 6.54 Å². The lowest BCUT2D eigenvalue weighted by atomic mass is 10.0. The van der Waals surface area contributed by atoms with Crippen molar-refractivity contribution in [2.45, 2.75) is 18.8 Å². The molecule has 76 valence electrons. The minimum atomic E-state index is -4.36. The molecule has 0 radical (unpaired) electrons. The molecule has 1 aromatic rings. The van der Waals surface area contributed by atoms with E-state index in [0.29, 0.717) is 5.56 Å². The highest BCUT2D eigenvalue weighted by molar-refractivity contribution is 5.35. The summed E-state index contributed by atoms with van der Waals surface area (Å²) in [6.45, 7) is 0.139. The number of halogens is 4. The molecular formula is C9H7F4N. The Kier molecular flexibility index (Phi) is 1.99. The molecule has 1 nitrogen and oxygen atoms in total. The quantitative estimate of drug-likeness (QED) is 0.642.